The van der Waals surface area contributed by atoms with Gasteiger partial charge in [0.05, 0.1) is 5.92 Å². The van der Waals surface area contributed by atoms with E-state index in [9.17, 15) is 9.59 Å². The van der Waals surface area contributed by atoms with Crippen LogP contribution in [0.4, 0.5) is 0 Å². The lowest BCUT2D eigenvalue weighted by molar-refractivity contribution is -0.139. The van der Waals surface area contributed by atoms with Crippen LogP contribution in [0.5, 0.6) is 0 Å². The average Bonchev–Trinajstić information content (AvgIpc) is 2.18. The molecule has 0 saturated heterocycles. The van der Waals surface area contributed by atoms with Crippen LogP contribution in [-0.4, -0.2) is 17.4 Å². The molecule has 4 nitrogen and oxygen atoms in total. The van der Waals surface area contributed by atoms with Gasteiger partial charge in [-0.25, -0.2) is 0 Å². The number of unbranched alkanes of at least 4 members (excludes halogenated alkanes) is 1. The minimum Gasteiger partial charge on any atom is -0.369 e. The van der Waals surface area contributed by atoms with Gasteiger partial charge in [0, 0.05) is 11.5 Å². The second-order valence-corrected chi connectivity index (χ2v) is 7.73. The van der Waals surface area contributed by atoms with Crippen molar-refractivity contribution in [3.8, 4) is 0 Å². The smallest absolute Gasteiger partial charge is 0.224 e. The molecule has 2 atom stereocenters. The van der Waals surface area contributed by atoms with Gasteiger partial charge in [-0.3, -0.25) is 9.59 Å². The molecule has 0 aliphatic carbocycles. The van der Waals surface area contributed by atoms with Gasteiger partial charge < -0.3 is 11.1 Å². The van der Waals surface area contributed by atoms with Gasteiger partial charge >= 0.3 is 0 Å². The predicted molar refractivity (Wildman–Crippen MR) is 83.1 cm³/mol. The predicted octanol–water partition coefficient (Wildman–Crippen LogP) is 2.86. The highest BCUT2D eigenvalue weighted by Crippen LogP contribution is 2.35. The first kappa shape index (κ1) is 18.9. The summed E-state index contributed by atoms with van der Waals surface area (Å²) >= 11 is 0. The summed E-state index contributed by atoms with van der Waals surface area (Å²) in [6, 6.07) is 0. The lowest BCUT2D eigenvalue weighted by Gasteiger charge is -2.36. The zero-order chi connectivity index (χ0) is 16.1. The van der Waals surface area contributed by atoms with Gasteiger partial charge in [-0.1, -0.05) is 40.5 Å². The van der Waals surface area contributed by atoms with Crippen molar-refractivity contribution in [2.24, 2.45) is 23.0 Å². The minimum absolute atomic E-state index is 0.0788. The highest BCUT2D eigenvalue weighted by atomic mass is 16.2. The first-order valence-electron chi connectivity index (χ1n) is 7.51. The van der Waals surface area contributed by atoms with Crippen LogP contribution in [0.15, 0.2) is 0 Å². The molecule has 1 unspecified atom stereocenters. The van der Waals surface area contributed by atoms with Gasteiger partial charge in [0.25, 0.3) is 0 Å². The topological polar surface area (TPSA) is 72.2 Å². The van der Waals surface area contributed by atoms with Crippen LogP contribution in [0.25, 0.3) is 0 Å². The Morgan fingerprint density at radius 3 is 1.90 bits per heavy atom. The van der Waals surface area contributed by atoms with E-state index < -0.39 is 11.8 Å². The zero-order valence-corrected chi connectivity index (χ0v) is 14.2. The summed E-state index contributed by atoms with van der Waals surface area (Å²) in [5, 5.41) is 2.99. The molecule has 0 radical (unpaired) electrons. The van der Waals surface area contributed by atoms with Gasteiger partial charge in [0.15, 0.2) is 0 Å². The van der Waals surface area contributed by atoms with E-state index >= 15 is 0 Å². The molecular formula is C16H32N2O2. The van der Waals surface area contributed by atoms with E-state index in [2.05, 4.69) is 12.2 Å². The molecule has 0 aromatic carbocycles. The summed E-state index contributed by atoms with van der Waals surface area (Å²) in [7, 11) is 0. The summed E-state index contributed by atoms with van der Waals surface area (Å²) in [6.07, 6.45) is 2.57. The van der Waals surface area contributed by atoms with Crippen LogP contribution < -0.4 is 11.1 Å². The van der Waals surface area contributed by atoms with Crippen molar-refractivity contribution < 1.29 is 9.59 Å². The summed E-state index contributed by atoms with van der Waals surface area (Å²) < 4.78 is 0. The lowest BCUT2D eigenvalue weighted by atomic mass is 9.70. The molecule has 0 saturated carbocycles. The van der Waals surface area contributed by atoms with E-state index in [1.54, 1.807) is 0 Å². The fourth-order valence-electron chi connectivity index (χ4n) is 2.52. The first-order chi connectivity index (χ1) is 8.90. The molecule has 20 heavy (non-hydrogen) atoms. The van der Waals surface area contributed by atoms with Crippen molar-refractivity contribution in [2.45, 2.75) is 73.3 Å². The zero-order valence-electron chi connectivity index (χ0n) is 14.2. The maximum absolute atomic E-state index is 12.6. The van der Waals surface area contributed by atoms with Gasteiger partial charge in [-0.2, -0.15) is 0 Å². The van der Waals surface area contributed by atoms with E-state index in [1.165, 1.54) is 0 Å². The van der Waals surface area contributed by atoms with Crippen LogP contribution in [0.1, 0.15) is 67.7 Å². The molecule has 0 aliphatic rings. The van der Waals surface area contributed by atoms with Crippen LogP contribution in [0, 0.1) is 17.3 Å². The maximum Gasteiger partial charge on any atom is 0.224 e. The summed E-state index contributed by atoms with van der Waals surface area (Å²) in [4.78, 5) is 24.4. The van der Waals surface area contributed by atoms with Crippen molar-refractivity contribution in [3.63, 3.8) is 0 Å². The fourth-order valence-corrected chi connectivity index (χ4v) is 2.52. The van der Waals surface area contributed by atoms with Crippen LogP contribution in [0.3, 0.4) is 0 Å². The summed E-state index contributed by atoms with van der Waals surface area (Å²) in [5.74, 6) is -1.25. The van der Waals surface area contributed by atoms with E-state index in [0.29, 0.717) is 6.42 Å². The van der Waals surface area contributed by atoms with Crippen molar-refractivity contribution in [1.29, 1.82) is 0 Å². The van der Waals surface area contributed by atoms with Gasteiger partial charge in [-0.15, -0.1) is 0 Å². The van der Waals surface area contributed by atoms with Crippen molar-refractivity contribution in [2.75, 3.05) is 0 Å². The number of nitrogens with two attached hydrogens (primary N) is 1. The van der Waals surface area contributed by atoms with E-state index in [4.69, 9.17) is 5.73 Å². The number of carbonyl (C=O) groups is 2. The Morgan fingerprint density at radius 1 is 1.10 bits per heavy atom. The third-order valence-corrected chi connectivity index (χ3v) is 3.35. The van der Waals surface area contributed by atoms with E-state index in [0.717, 1.165) is 12.8 Å². The van der Waals surface area contributed by atoms with Crippen LogP contribution >= 0.6 is 0 Å². The quantitative estimate of drug-likeness (QED) is 0.787. The third kappa shape index (κ3) is 6.40. The Hall–Kier alpha value is -1.06. The largest absolute Gasteiger partial charge is 0.369 e. The molecule has 0 aliphatic heterocycles. The second kappa shape index (κ2) is 7.09. The van der Waals surface area contributed by atoms with Gasteiger partial charge in [-0.05, 0) is 32.6 Å². The average molecular weight is 284 g/mol. The molecule has 0 bridgehead atoms. The van der Waals surface area contributed by atoms with E-state index in [1.807, 2.05) is 41.5 Å². The Bertz CT molecular complexity index is 337. The number of primary amides is 1. The van der Waals surface area contributed by atoms with Gasteiger partial charge in [0.1, 0.15) is 0 Å². The number of carbonyl (C=O) groups excluding carboxylic acids is 2. The van der Waals surface area contributed by atoms with Crippen LogP contribution in [0.2, 0.25) is 0 Å². The highest BCUT2D eigenvalue weighted by Gasteiger charge is 2.41. The molecule has 3 N–H and O–H groups in total. The lowest BCUT2D eigenvalue weighted by Crippen LogP contribution is -2.51. The molecule has 4 heteroatoms. The Kier molecular flexibility index (Phi) is 6.72. The Labute approximate surface area is 123 Å². The summed E-state index contributed by atoms with van der Waals surface area (Å²) in [6.45, 7) is 13.9. The fraction of sp³-hybridized carbons (Fsp3) is 0.875. The molecular weight excluding hydrogens is 252 g/mol. The molecule has 0 rings (SSSR count). The number of amides is 2. The number of hydrogen-bond acceptors (Lipinski definition) is 2. The molecule has 0 aromatic rings. The van der Waals surface area contributed by atoms with Gasteiger partial charge in [0.2, 0.25) is 11.8 Å². The molecule has 2 amide bonds. The molecule has 0 spiro atoms. The molecule has 0 aromatic heterocycles. The molecule has 0 fully saturated rings. The second-order valence-electron chi connectivity index (χ2n) is 7.73. The van der Waals surface area contributed by atoms with Crippen molar-refractivity contribution >= 4 is 11.8 Å². The number of nitrogens with one attached hydrogen (secondary N) is 1. The maximum atomic E-state index is 12.6. The van der Waals surface area contributed by atoms with E-state index in [-0.39, 0.29) is 22.8 Å². The molecule has 118 valence electrons. The Balaban J connectivity index is 5.31. The Morgan fingerprint density at radius 2 is 1.60 bits per heavy atom. The standard InChI is InChI=1S/C16H32N2O2/c1-8-9-10-11(13(17)19)12(15(2,3)4)14(20)18-16(5,6)7/h11-12H,8-10H2,1-7H3,(H2,17,19)(H,18,20)/t11?,12-/m1/s1. The SMILES string of the molecule is CCCCC(C(N)=O)[C@H](C(=O)NC(C)(C)C)C(C)(C)C. The first-order valence-corrected chi connectivity index (χ1v) is 7.51. The van der Waals surface area contributed by atoms with Crippen molar-refractivity contribution in [1.82, 2.24) is 5.32 Å². The highest BCUT2D eigenvalue weighted by molar-refractivity contribution is 5.87. The third-order valence-electron chi connectivity index (χ3n) is 3.35. The number of hydrogen-bond donors (Lipinski definition) is 2. The van der Waals surface area contributed by atoms with Crippen molar-refractivity contribution in [3.05, 3.63) is 0 Å². The monoisotopic (exact) mass is 284 g/mol. The minimum atomic E-state index is -0.405. The molecule has 0 heterocycles. The number of rotatable bonds is 6. The summed E-state index contributed by atoms with van der Waals surface area (Å²) in [5.41, 5.74) is 4.94. The van der Waals surface area contributed by atoms with Crippen LogP contribution in [-0.2, 0) is 9.59 Å². The normalized spacial score (nSPS) is 15.6.